The number of anilines is 1. The monoisotopic (exact) mass is 526 g/mol. The number of benzene rings is 1. The number of nitrogens with one attached hydrogen (secondary N) is 1. The number of nitrogens with zero attached hydrogens (tertiary/aromatic N) is 5. The second kappa shape index (κ2) is 11.0. The molecule has 0 bridgehead atoms. The quantitative estimate of drug-likeness (QED) is 0.365. The maximum Gasteiger partial charge on any atom is 0.236 e. The smallest absolute Gasteiger partial charge is 0.236 e. The fraction of sp³-hybridized carbons (Fsp3) is 0.476. The third-order valence-corrected chi connectivity index (χ3v) is 7.97. The highest BCUT2D eigenvalue weighted by molar-refractivity contribution is 7.99. The minimum Gasteiger partial charge on any atom is -0.481 e. The average molecular weight is 528 g/mol. The molecule has 176 valence electrons. The van der Waals surface area contributed by atoms with E-state index in [9.17, 15) is 4.79 Å². The molecule has 0 spiro atoms. The Labute approximate surface area is 210 Å². The number of hydrogen-bond acceptors (Lipinski definition) is 8. The van der Waals surface area contributed by atoms with Crippen molar-refractivity contribution < 1.29 is 9.53 Å². The van der Waals surface area contributed by atoms with Crippen LogP contribution in [-0.4, -0.2) is 36.6 Å². The first-order valence-electron chi connectivity index (χ1n) is 10.7. The van der Waals surface area contributed by atoms with Gasteiger partial charge in [-0.25, -0.2) is 0 Å². The third kappa shape index (κ3) is 6.17. The first kappa shape index (κ1) is 24.3. The predicted molar refractivity (Wildman–Crippen MR) is 132 cm³/mol. The fourth-order valence-corrected chi connectivity index (χ4v) is 5.67. The van der Waals surface area contributed by atoms with Crippen molar-refractivity contribution in [1.29, 1.82) is 0 Å². The van der Waals surface area contributed by atoms with Crippen LogP contribution in [0.15, 0.2) is 23.4 Å². The van der Waals surface area contributed by atoms with Crippen molar-refractivity contribution in [3.8, 4) is 5.75 Å². The Kier molecular flexibility index (Phi) is 8.11. The third-order valence-electron chi connectivity index (χ3n) is 5.40. The van der Waals surface area contributed by atoms with Crippen molar-refractivity contribution in [3.63, 3.8) is 0 Å². The number of aromatic nitrogens is 5. The van der Waals surface area contributed by atoms with Gasteiger partial charge in [-0.3, -0.25) is 10.1 Å². The lowest BCUT2D eigenvalue weighted by Gasteiger charge is -2.18. The Hall–Kier alpha value is -1.88. The van der Waals surface area contributed by atoms with Crippen LogP contribution in [-0.2, 0) is 11.8 Å². The van der Waals surface area contributed by atoms with E-state index >= 15 is 0 Å². The van der Waals surface area contributed by atoms with Crippen LogP contribution in [0.1, 0.15) is 61.9 Å². The van der Waals surface area contributed by atoms with Crippen molar-refractivity contribution >= 4 is 57.3 Å². The van der Waals surface area contributed by atoms with Crippen LogP contribution in [0.4, 0.5) is 5.13 Å². The molecule has 33 heavy (non-hydrogen) atoms. The van der Waals surface area contributed by atoms with Gasteiger partial charge in [0.15, 0.2) is 17.1 Å². The van der Waals surface area contributed by atoms with Gasteiger partial charge in [0.1, 0.15) is 10.8 Å². The molecule has 0 radical (unpaired) electrons. The Bertz CT molecular complexity index is 1120. The molecule has 1 fully saturated rings. The van der Waals surface area contributed by atoms with Crippen LogP contribution in [0.5, 0.6) is 5.75 Å². The van der Waals surface area contributed by atoms with Crippen LogP contribution in [0.3, 0.4) is 0 Å². The van der Waals surface area contributed by atoms with E-state index in [0.717, 1.165) is 17.8 Å². The van der Waals surface area contributed by atoms with E-state index in [2.05, 4.69) is 25.7 Å². The van der Waals surface area contributed by atoms with E-state index in [-0.39, 0.29) is 11.7 Å². The van der Waals surface area contributed by atoms with E-state index < -0.39 is 6.10 Å². The highest BCUT2D eigenvalue weighted by Gasteiger charge is 2.21. The second-order valence-corrected chi connectivity index (χ2v) is 10.6. The molecule has 2 aromatic heterocycles. The van der Waals surface area contributed by atoms with Crippen molar-refractivity contribution in [1.82, 2.24) is 25.0 Å². The molecule has 1 unspecified atom stereocenters. The number of hydrogen-bond donors (Lipinski definition) is 1. The number of carbonyl (C=O) groups is 1. The van der Waals surface area contributed by atoms with Gasteiger partial charge in [-0.2, -0.15) is 0 Å². The van der Waals surface area contributed by atoms with Gasteiger partial charge in [0, 0.05) is 24.1 Å². The minimum absolute atomic E-state index is 0.161. The summed E-state index contributed by atoms with van der Waals surface area (Å²) in [4.78, 5) is 12.4. The molecule has 4 rings (SSSR count). The standard InChI is InChI=1S/C21H24Cl2N6O2S2/c1-12(31-16-10-14(22)8-9-15(16)23)18-25-28-21(29(18)2)32-11-17(30)24-20-27-26-19(33-20)13-6-4-3-5-7-13/h8-10,12-13H,3-7,11H2,1-2H3,(H,24,27,30). The summed E-state index contributed by atoms with van der Waals surface area (Å²) >= 11 is 15.0. The molecule has 1 aliphatic carbocycles. The van der Waals surface area contributed by atoms with Gasteiger partial charge >= 0.3 is 0 Å². The summed E-state index contributed by atoms with van der Waals surface area (Å²) < 4.78 is 7.72. The zero-order valence-corrected chi connectivity index (χ0v) is 21.4. The normalized spacial score (nSPS) is 15.4. The van der Waals surface area contributed by atoms with Crippen molar-refractivity contribution in [2.24, 2.45) is 7.05 Å². The van der Waals surface area contributed by atoms with E-state index in [1.165, 1.54) is 42.4 Å². The second-order valence-electron chi connectivity index (χ2n) is 7.85. The largest absolute Gasteiger partial charge is 0.481 e. The summed E-state index contributed by atoms with van der Waals surface area (Å²) in [6.07, 6.45) is 5.65. The van der Waals surface area contributed by atoms with E-state index in [4.69, 9.17) is 27.9 Å². The maximum atomic E-state index is 12.4. The Morgan fingerprint density at radius 3 is 2.82 bits per heavy atom. The average Bonchev–Trinajstić information content (AvgIpc) is 3.42. The molecule has 1 aliphatic rings. The molecule has 1 aromatic carbocycles. The molecule has 8 nitrogen and oxygen atoms in total. The Balaban J connectivity index is 1.31. The molecular weight excluding hydrogens is 503 g/mol. The molecule has 1 saturated carbocycles. The SMILES string of the molecule is CC(Oc1cc(Cl)ccc1Cl)c1nnc(SCC(=O)Nc2nnc(C3CCCCC3)s2)n1C. The number of rotatable bonds is 8. The van der Waals surface area contributed by atoms with Crippen LogP contribution in [0, 0.1) is 0 Å². The Morgan fingerprint density at radius 2 is 2.03 bits per heavy atom. The van der Waals surface area contributed by atoms with Crippen molar-refractivity contribution in [2.75, 3.05) is 11.1 Å². The highest BCUT2D eigenvalue weighted by atomic mass is 35.5. The minimum atomic E-state index is -0.416. The van der Waals surface area contributed by atoms with Crippen molar-refractivity contribution in [3.05, 3.63) is 39.1 Å². The molecule has 2 heterocycles. The van der Waals surface area contributed by atoms with Crippen molar-refractivity contribution in [2.45, 2.75) is 56.2 Å². The number of carbonyl (C=O) groups excluding carboxylic acids is 1. The van der Waals surface area contributed by atoms with Gasteiger partial charge in [0.2, 0.25) is 11.0 Å². The first-order valence-corrected chi connectivity index (χ1v) is 13.2. The predicted octanol–water partition coefficient (Wildman–Crippen LogP) is 5.89. The molecule has 0 saturated heterocycles. The molecular formula is C21H24Cl2N6O2S2. The zero-order chi connectivity index (χ0) is 23.4. The number of amides is 1. The van der Waals surface area contributed by atoms with Gasteiger partial charge in [-0.05, 0) is 31.9 Å². The van der Waals surface area contributed by atoms with Crippen LogP contribution in [0.2, 0.25) is 10.0 Å². The topological polar surface area (TPSA) is 94.8 Å². The molecule has 1 N–H and O–H groups in total. The van der Waals surface area contributed by atoms with E-state index in [1.54, 1.807) is 22.8 Å². The molecule has 12 heteroatoms. The van der Waals surface area contributed by atoms with Gasteiger partial charge in [-0.15, -0.1) is 20.4 Å². The van der Waals surface area contributed by atoms with Gasteiger partial charge < -0.3 is 9.30 Å². The van der Waals surface area contributed by atoms with Gasteiger partial charge in [0.05, 0.1) is 10.8 Å². The van der Waals surface area contributed by atoms with Crippen LogP contribution < -0.4 is 10.1 Å². The van der Waals surface area contributed by atoms with E-state index in [0.29, 0.717) is 37.8 Å². The van der Waals surface area contributed by atoms with Gasteiger partial charge in [-0.1, -0.05) is 65.6 Å². The summed E-state index contributed by atoms with van der Waals surface area (Å²) in [6, 6.07) is 5.03. The molecule has 0 aliphatic heterocycles. The number of halogens is 2. The summed E-state index contributed by atoms with van der Waals surface area (Å²) in [7, 11) is 1.83. The fourth-order valence-electron chi connectivity index (χ4n) is 3.70. The maximum absolute atomic E-state index is 12.4. The van der Waals surface area contributed by atoms with Crippen LogP contribution in [0.25, 0.3) is 0 Å². The molecule has 1 atom stereocenters. The lowest BCUT2D eigenvalue weighted by Crippen LogP contribution is -2.14. The van der Waals surface area contributed by atoms with Gasteiger partial charge in [0.25, 0.3) is 0 Å². The lowest BCUT2D eigenvalue weighted by atomic mass is 9.90. The summed E-state index contributed by atoms with van der Waals surface area (Å²) in [5, 5.41) is 22.8. The zero-order valence-electron chi connectivity index (χ0n) is 18.3. The molecule has 3 aromatic rings. The van der Waals surface area contributed by atoms with E-state index in [1.807, 2.05) is 14.0 Å². The van der Waals surface area contributed by atoms with Crippen LogP contribution >= 0.6 is 46.3 Å². The highest BCUT2D eigenvalue weighted by Crippen LogP contribution is 2.35. The summed E-state index contributed by atoms with van der Waals surface area (Å²) in [5.74, 6) is 1.57. The molecule has 1 amide bonds. The first-order chi connectivity index (χ1) is 15.9. The Morgan fingerprint density at radius 1 is 1.24 bits per heavy atom. The number of thioether (sulfide) groups is 1. The number of ether oxygens (including phenoxy) is 1. The lowest BCUT2D eigenvalue weighted by molar-refractivity contribution is -0.113. The summed E-state index contributed by atoms with van der Waals surface area (Å²) in [5.41, 5.74) is 0. The summed E-state index contributed by atoms with van der Waals surface area (Å²) in [6.45, 7) is 1.85.